The lowest BCUT2D eigenvalue weighted by Crippen LogP contribution is -2.30. The van der Waals surface area contributed by atoms with Gasteiger partial charge < -0.3 is 14.8 Å². The highest BCUT2D eigenvalue weighted by atomic mass is 35.5. The molecule has 0 spiro atoms. The smallest absolute Gasteiger partial charge is 0.329 e. The second-order valence-electron chi connectivity index (χ2n) is 7.00. The van der Waals surface area contributed by atoms with Gasteiger partial charge in [0.15, 0.2) is 11.5 Å². The Kier molecular flexibility index (Phi) is 7.36. The Hall–Kier alpha value is -2.41. The van der Waals surface area contributed by atoms with Crippen molar-refractivity contribution in [2.45, 2.75) is 32.9 Å². The first-order chi connectivity index (χ1) is 14.7. The molecule has 1 unspecified atom stereocenters. The minimum atomic E-state index is -0.530. The van der Waals surface area contributed by atoms with Crippen LogP contribution < -0.4 is 14.8 Å². The molecule has 0 aliphatic carbocycles. The van der Waals surface area contributed by atoms with Crippen LogP contribution in [0.4, 0.5) is 4.79 Å². The number of hydrogen-bond acceptors (Lipinski definition) is 4. The fourth-order valence-electron chi connectivity index (χ4n) is 2.92. The number of ether oxygens (including phenoxy) is 2. The van der Waals surface area contributed by atoms with Crippen molar-refractivity contribution in [1.29, 1.82) is 0 Å². The Bertz CT molecular complexity index is 1060. The highest BCUT2D eigenvalue weighted by Crippen LogP contribution is 2.38. The molecule has 0 saturated carbocycles. The van der Waals surface area contributed by atoms with Gasteiger partial charge in [-0.2, -0.15) is 0 Å². The third-order valence-electron chi connectivity index (χ3n) is 4.74. The third-order valence-corrected chi connectivity index (χ3v) is 5.76. The predicted molar refractivity (Wildman–Crippen MR) is 122 cm³/mol. The summed E-state index contributed by atoms with van der Waals surface area (Å²) in [4.78, 5) is 26.2. The number of amides is 3. The van der Waals surface area contributed by atoms with E-state index in [9.17, 15) is 9.59 Å². The second kappa shape index (κ2) is 9.81. The summed E-state index contributed by atoms with van der Waals surface area (Å²) in [5.41, 5.74) is 1.38. The van der Waals surface area contributed by atoms with Gasteiger partial charge in [-0.3, -0.25) is 9.69 Å². The van der Waals surface area contributed by atoms with Gasteiger partial charge in [0, 0.05) is 0 Å². The monoisotopic (exact) mass is 482 g/mol. The van der Waals surface area contributed by atoms with Crippen LogP contribution in [0.1, 0.15) is 31.4 Å². The molecule has 2 aromatic rings. The molecule has 164 valence electrons. The molecule has 0 radical (unpaired) electrons. The van der Waals surface area contributed by atoms with Crippen molar-refractivity contribution in [3.8, 4) is 11.5 Å². The van der Waals surface area contributed by atoms with Crippen molar-refractivity contribution in [3.63, 3.8) is 0 Å². The molecule has 31 heavy (non-hydrogen) atoms. The van der Waals surface area contributed by atoms with E-state index in [2.05, 4.69) is 5.32 Å². The number of nitrogens with zero attached hydrogens (tertiary/aromatic N) is 1. The summed E-state index contributed by atoms with van der Waals surface area (Å²) in [5.74, 6) is 0.402. The summed E-state index contributed by atoms with van der Waals surface area (Å²) in [5, 5.41) is 3.68. The molecular weight excluding hydrogens is 463 g/mol. The first-order valence-electron chi connectivity index (χ1n) is 9.56. The van der Waals surface area contributed by atoms with Crippen LogP contribution in [0.25, 0.3) is 6.08 Å². The van der Waals surface area contributed by atoms with Gasteiger partial charge in [0.25, 0.3) is 5.91 Å². The molecule has 3 rings (SSSR count). The van der Waals surface area contributed by atoms with Crippen LogP contribution in [0.15, 0.2) is 36.0 Å². The van der Waals surface area contributed by atoms with Gasteiger partial charge in [0.05, 0.1) is 34.8 Å². The van der Waals surface area contributed by atoms with Gasteiger partial charge in [0.2, 0.25) is 0 Å². The maximum Gasteiger partial charge on any atom is 0.329 e. The number of nitrogens with one attached hydrogen (secondary N) is 1. The number of benzene rings is 2. The Labute approximate surface area is 195 Å². The van der Waals surface area contributed by atoms with Gasteiger partial charge >= 0.3 is 6.03 Å². The molecule has 2 aromatic carbocycles. The highest BCUT2D eigenvalue weighted by Gasteiger charge is 2.33. The topological polar surface area (TPSA) is 67.9 Å². The number of imide groups is 1. The Morgan fingerprint density at radius 3 is 2.48 bits per heavy atom. The van der Waals surface area contributed by atoms with Crippen molar-refractivity contribution >= 4 is 52.8 Å². The van der Waals surface area contributed by atoms with E-state index in [1.165, 1.54) is 13.2 Å². The fraction of sp³-hybridized carbons (Fsp3) is 0.273. The van der Waals surface area contributed by atoms with E-state index in [1.54, 1.807) is 30.3 Å². The maximum absolute atomic E-state index is 12.8. The van der Waals surface area contributed by atoms with E-state index < -0.39 is 11.9 Å². The van der Waals surface area contributed by atoms with Gasteiger partial charge in [-0.25, -0.2) is 4.79 Å². The number of methoxy groups -OCH3 is 1. The van der Waals surface area contributed by atoms with Crippen molar-refractivity contribution in [2.24, 2.45) is 0 Å². The molecule has 1 saturated heterocycles. The average molecular weight is 484 g/mol. The number of halogens is 3. The van der Waals surface area contributed by atoms with Crippen LogP contribution >= 0.6 is 34.8 Å². The molecular formula is C22H21Cl3N2O4. The lowest BCUT2D eigenvalue weighted by atomic mass is 10.1. The van der Waals surface area contributed by atoms with Crippen LogP contribution in [0.2, 0.25) is 15.1 Å². The zero-order chi connectivity index (χ0) is 22.7. The van der Waals surface area contributed by atoms with E-state index in [1.807, 2.05) is 13.8 Å². The summed E-state index contributed by atoms with van der Waals surface area (Å²) in [6.45, 7) is 3.99. The number of rotatable bonds is 7. The van der Waals surface area contributed by atoms with E-state index >= 15 is 0 Å². The predicted octanol–water partition coefficient (Wildman–Crippen LogP) is 5.93. The minimum absolute atomic E-state index is 0.0405. The summed E-state index contributed by atoms with van der Waals surface area (Å²) in [6, 6.07) is 7.75. The maximum atomic E-state index is 12.8. The lowest BCUT2D eigenvalue weighted by molar-refractivity contribution is -0.123. The number of carbonyl (C=O) groups excluding carboxylic acids is 2. The summed E-state index contributed by atoms with van der Waals surface area (Å²) in [7, 11) is 1.51. The first-order valence-corrected chi connectivity index (χ1v) is 10.7. The lowest BCUT2D eigenvalue weighted by Gasteiger charge is -2.17. The molecule has 6 nitrogen and oxygen atoms in total. The van der Waals surface area contributed by atoms with Crippen LogP contribution in [0, 0.1) is 0 Å². The van der Waals surface area contributed by atoms with Crippen LogP contribution in [0.5, 0.6) is 11.5 Å². The van der Waals surface area contributed by atoms with Crippen LogP contribution in [-0.4, -0.2) is 30.1 Å². The second-order valence-corrected chi connectivity index (χ2v) is 8.22. The molecule has 1 atom stereocenters. The van der Waals surface area contributed by atoms with E-state index in [0.29, 0.717) is 37.7 Å². The molecule has 3 amide bonds. The molecule has 1 heterocycles. The highest BCUT2D eigenvalue weighted by molar-refractivity contribution is 6.42. The molecule has 0 aromatic heterocycles. The molecule has 1 aliphatic rings. The first kappa shape index (κ1) is 23.3. The van der Waals surface area contributed by atoms with E-state index in [4.69, 9.17) is 44.3 Å². The van der Waals surface area contributed by atoms with E-state index in [-0.39, 0.29) is 18.3 Å². The van der Waals surface area contributed by atoms with Crippen molar-refractivity contribution < 1.29 is 19.1 Å². The zero-order valence-corrected chi connectivity index (χ0v) is 19.4. The normalized spacial score (nSPS) is 15.9. The number of carbonyl (C=O) groups is 2. The van der Waals surface area contributed by atoms with Gasteiger partial charge in [-0.1, -0.05) is 47.8 Å². The SMILES string of the molecule is CCC(C)Oc1c(Cl)cc(/C=C2\NC(=O)N(Cc3ccc(Cl)c(Cl)c3)C2=O)cc1OC. The van der Waals surface area contributed by atoms with Crippen LogP contribution in [0.3, 0.4) is 0 Å². The van der Waals surface area contributed by atoms with Crippen molar-refractivity contribution in [3.05, 3.63) is 62.2 Å². The fourth-order valence-corrected chi connectivity index (χ4v) is 3.51. The van der Waals surface area contributed by atoms with Crippen LogP contribution in [-0.2, 0) is 11.3 Å². The minimum Gasteiger partial charge on any atom is -0.493 e. The number of urea groups is 1. The van der Waals surface area contributed by atoms with Gasteiger partial charge in [-0.05, 0) is 54.8 Å². The molecule has 1 aliphatic heterocycles. The summed E-state index contributed by atoms with van der Waals surface area (Å²) >= 11 is 18.3. The molecule has 0 bridgehead atoms. The molecule has 1 N–H and O–H groups in total. The summed E-state index contributed by atoms with van der Waals surface area (Å²) in [6.07, 6.45) is 2.30. The van der Waals surface area contributed by atoms with Gasteiger partial charge in [-0.15, -0.1) is 0 Å². The standard InChI is InChI=1S/C22H21Cl3N2O4/c1-4-12(2)31-20-17(25)8-14(10-19(20)30-3)9-18-21(28)27(22(29)26-18)11-13-5-6-15(23)16(24)7-13/h5-10,12H,4,11H2,1-3H3,(H,26,29)/b18-9-. The third kappa shape index (κ3) is 5.26. The molecule has 9 heteroatoms. The summed E-state index contributed by atoms with van der Waals surface area (Å²) < 4.78 is 11.2. The zero-order valence-electron chi connectivity index (χ0n) is 17.2. The molecule has 1 fully saturated rings. The van der Waals surface area contributed by atoms with Gasteiger partial charge in [0.1, 0.15) is 5.70 Å². The Morgan fingerprint density at radius 1 is 1.10 bits per heavy atom. The largest absolute Gasteiger partial charge is 0.493 e. The Morgan fingerprint density at radius 2 is 1.84 bits per heavy atom. The van der Waals surface area contributed by atoms with E-state index in [0.717, 1.165) is 11.3 Å². The Balaban J connectivity index is 1.85. The van der Waals surface area contributed by atoms with Crippen molar-refractivity contribution in [2.75, 3.05) is 7.11 Å². The van der Waals surface area contributed by atoms with Crippen molar-refractivity contribution in [1.82, 2.24) is 10.2 Å². The average Bonchev–Trinajstić information content (AvgIpc) is 2.99. The quantitative estimate of drug-likeness (QED) is 0.392. The number of hydrogen-bond donors (Lipinski definition) is 1.